The summed E-state index contributed by atoms with van der Waals surface area (Å²) in [5.74, 6) is -1.42. The molecule has 4 N–H and O–H groups in total. The van der Waals surface area contributed by atoms with Crippen molar-refractivity contribution in [2.45, 2.75) is 149 Å². The number of nitrogens with two attached hydrogens (primary N) is 2. The number of primary amides is 2. The third kappa shape index (κ3) is 9.80. The molecule has 0 aromatic carbocycles. The molecule has 0 spiro atoms. The lowest BCUT2D eigenvalue weighted by molar-refractivity contribution is -0.181. The second-order valence-corrected chi connectivity index (χ2v) is 9.62. The van der Waals surface area contributed by atoms with E-state index in [0.717, 1.165) is 64.2 Å². The van der Waals surface area contributed by atoms with E-state index in [0.29, 0.717) is 0 Å². The predicted molar refractivity (Wildman–Crippen MR) is 135 cm³/mol. The van der Waals surface area contributed by atoms with Crippen LogP contribution in [0.5, 0.6) is 0 Å². The van der Waals surface area contributed by atoms with Crippen LogP contribution in [0.4, 0.5) is 0 Å². The quantitative estimate of drug-likeness (QED) is 0.131. The molecule has 0 radical (unpaired) electrons. The highest BCUT2D eigenvalue weighted by atomic mass is 16.5. The van der Waals surface area contributed by atoms with Gasteiger partial charge in [0.25, 0.3) is 11.8 Å². The van der Waals surface area contributed by atoms with Crippen molar-refractivity contribution in [1.82, 2.24) is 0 Å². The van der Waals surface area contributed by atoms with Gasteiger partial charge in [0, 0.05) is 12.0 Å². The third-order valence-electron chi connectivity index (χ3n) is 7.08. The molecule has 0 aliphatic carbocycles. The van der Waals surface area contributed by atoms with Crippen molar-refractivity contribution in [3.8, 4) is 0 Å². The minimum Gasteiger partial charge on any atom is -0.367 e. The van der Waals surface area contributed by atoms with Crippen molar-refractivity contribution in [3.63, 3.8) is 0 Å². The Kier molecular flexibility index (Phi) is 17.7. The SMILES string of the molecule is CCCCCCCCC(CCCCC)(CCCCCCCC)C(OCC)(C(N)=O)C(N)=O. The van der Waals surface area contributed by atoms with Gasteiger partial charge in [-0.1, -0.05) is 117 Å². The molecule has 5 heteroatoms. The zero-order valence-corrected chi connectivity index (χ0v) is 21.8. The summed E-state index contributed by atoms with van der Waals surface area (Å²) in [6, 6.07) is 0. The van der Waals surface area contributed by atoms with Crippen molar-refractivity contribution in [3.05, 3.63) is 0 Å². The first-order valence-corrected chi connectivity index (χ1v) is 13.6. The monoisotopic (exact) mass is 454 g/mol. The molecule has 0 aromatic rings. The summed E-state index contributed by atoms with van der Waals surface area (Å²) in [4.78, 5) is 25.8. The maximum Gasteiger partial charge on any atom is 0.260 e. The van der Waals surface area contributed by atoms with E-state index in [-0.39, 0.29) is 6.61 Å². The van der Waals surface area contributed by atoms with Gasteiger partial charge in [-0.15, -0.1) is 0 Å². The summed E-state index contributed by atoms with van der Waals surface area (Å²) in [5, 5.41) is 0. The molecule has 0 fully saturated rings. The van der Waals surface area contributed by atoms with Crippen LogP contribution in [0, 0.1) is 5.41 Å². The standard InChI is InChI=1S/C27H54N2O3/c1-5-9-12-14-16-19-22-26(21-18-11-7-3,23-20-17-15-13-10-6-2)27(24(28)30,25(29)31)32-8-4/h5-23H2,1-4H3,(H2,28,30)(H2,29,31). The van der Waals surface area contributed by atoms with Crippen molar-refractivity contribution in [2.75, 3.05) is 6.61 Å². The summed E-state index contributed by atoms with van der Waals surface area (Å²) in [5.41, 5.74) is 9.51. The van der Waals surface area contributed by atoms with E-state index in [4.69, 9.17) is 16.2 Å². The molecule has 0 saturated heterocycles. The summed E-state index contributed by atoms with van der Waals surface area (Å²) >= 11 is 0. The molecule has 0 aromatic heterocycles. The number of unbranched alkanes of at least 4 members (excludes halogenated alkanes) is 12. The molecule has 0 aliphatic rings. The van der Waals surface area contributed by atoms with Gasteiger partial charge in [0.2, 0.25) is 5.60 Å². The summed E-state index contributed by atoms with van der Waals surface area (Å²) < 4.78 is 5.99. The van der Waals surface area contributed by atoms with Crippen LogP contribution in [0.3, 0.4) is 0 Å². The summed E-state index contributed by atoms with van der Waals surface area (Å²) in [6.07, 6.45) is 19.3. The smallest absolute Gasteiger partial charge is 0.260 e. The van der Waals surface area contributed by atoms with E-state index < -0.39 is 22.8 Å². The van der Waals surface area contributed by atoms with E-state index in [2.05, 4.69) is 20.8 Å². The second kappa shape index (κ2) is 18.3. The van der Waals surface area contributed by atoms with Crippen LogP contribution in [0.2, 0.25) is 0 Å². The average Bonchev–Trinajstić information content (AvgIpc) is 2.76. The van der Waals surface area contributed by atoms with Crippen LogP contribution < -0.4 is 11.5 Å². The lowest BCUT2D eigenvalue weighted by Gasteiger charge is -2.47. The Bertz CT molecular complexity index is 463. The number of ether oxygens (including phenoxy) is 1. The number of carbonyl (C=O) groups excluding carboxylic acids is 2. The molecule has 0 rings (SSSR count). The fourth-order valence-electron chi connectivity index (χ4n) is 5.26. The van der Waals surface area contributed by atoms with E-state index in [9.17, 15) is 9.59 Å². The van der Waals surface area contributed by atoms with Crippen molar-refractivity contribution >= 4 is 11.8 Å². The normalized spacial score (nSPS) is 12.2. The Labute approximate surface area is 198 Å². The first-order chi connectivity index (χ1) is 15.4. The molecule has 190 valence electrons. The maximum absolute atomic E-state index is 12.9. The van der Waals surface area contributed by atoms with Gasteiger partial charge in [0.15, 0.2) is 0 Å². The average molecular weight is 455 g/mol. The van der Waals surface area contributed by atoms with Gasteiger partial charge >= 0.3 is 0 Å². The Hall–Kier alpha value is -1.10. The second-order valence-electron chi connectivity index (χ2n) is 9.62. The van der Waals surface area contributed by atoms with Crippen LogP contribution in [-0.4, -0.2) is 24.0 Å². The molecule has 0 bridgehead atoms. The van der Waals surface area contributed by atoms with Gasteiger partial charge in [-0.25, -0.2) is 0 Å². The maximum atomic E-state index is 12.9. The molecule has 0 saturated carbocycles. The van der Waals surface area contributed by atoms with E-state index in [1.54, 1.807) is 0 Å². The van der Waals surface area contributed by atoms with E-state index in [1.165, 1.54) is 51.4 Å². The van der Waals surface area contributed by atoms with Crippen LogP contribution in [-0.2, 0) is 14.3 Å². The minimum atomic E-state index is -1.72. The van der Waals surface area contributed by atoms with Gasteiger partial charge in [-0.05, 0) is 26.2 Å². The molecule has 5 nitrogen and oxygen atoms in total. The lowest BCUT2D eigenvalue weighted by atomic mass is 9.61. The number of hydrogen-bond donors (Lipinski definition) is 2. The van der Waals surface area contributed by atoms with Crippen molar-refractivity contribution < 1.29 is 14.3 Å². The summed E-state index contributed by atoms with van der Waals surface area (Å²) in [6.45, 7) is 8.66. The Morgan fingerprint density at radius 1 is 0.562 bits per heavy atom. The van der Waals surface area contributed by atoms with Gasteiger partial charge in [0.1, 0.15) is 0 Å². The van der Waals surface area contributed by atoms with Crippen molar-refractivity contribution in [1.29, 1.82) is 0 Å². The van der Waals surface area contributed by atoms with Crippen LogP contribution >= 0.6 is 0 Å². The molecule has 0 aliphatic heterocycles. The zero-order valence-electron chi connectivity index (χ0n) is 21.8. The highest BCUT2D eigenvalue weighted by Gasteiger charge is 2.59. The molecule has 2 amide bonds. The number of amides is 2. The third-order valence-corrected chi connectivity index (χ3v) is 7.08. The Morgan fingerprint density at radius 2 is 0.875 bits per heavy atom. The number of hydrogen-bond acceptors (Lipinski definition) is 3. The van der Waals surface area contributed by atoms with Crippen molar-refractivity contribution in [2.24, 2.45) is 16.9 Å². The molecule has 32 heavy (non-hydrogen) atoms. The highest BCUT2D eigenvalue weighted by Crippen LogP contribution is 2.48. The minimum absolute atomic E-state index is 0.244. The first-order valence-electron chi connectivity index (χ1n) is 13.6. The molecule has 0 atom stereocenters. The molecular weight excluding hydrogens is 400 g/mol. The fraction of sp³-hybridized carbons (Fsp3) is 0.926. The first kappa shape index (κ1) is 30.9. The topological polar surface area (TPSA) is 95.4 Å². The largest absolute Gasteiger partial charge is 0.367 e. The highest BCUT2D eigenvalue weighted by molar-refractivity contribution is 6.08. The van der Waals surface area contributed by atoms with Gasteiger partial charge < -0.3 is 16.2 Å². The van der Waals surface area contributed by atoms with Crippen LogP contribution in [0.1, 0.15) is 143 Å². The number of rotatable bonds is 23. The Morgan fingerprint density at radius 3 is 1.22 bits per heavy atom. The molecular formula is C27H54N2O3. The molecule has 0 heterocycles. The molecule has 0 unspecified atom stereocenters. The lowest BCUT2D eigenvalue weighted by Crippen LogP contribution is -2.66. The zero-order chi connectivity index (χ0) is 24.3. The van der Waals surface area contributed by atoms with Gasteiger partial charge in [-0.3, -0.25) is 9.59 Å². The van der Waals surface area contributed by atoms with E-state index in [1.807, 2.05) is 6.92 Å². The predicted octanol–water partition coefficient (Wildman–Crippen LogP) is 6.80. The van der Waals surface area contributed by atoms with Crippen LogP contribution in [0.25, 0.3) is 0 Å². The fourth-order valence-corrected chi connectivity index (χ4v) is 5.26. The van der Waals surface area contributed by atoms with Gasteiger partial charge in [-0.2, -0.15) is 0 Å². The number of carbonyl (C=O) groups is 2. The van der Waals surface area contributed by atoms with Gasteiger partial charge in [0.05, 0.1) is 0 Å². The van der Waals surface area contributed by atoms with E-state index >= 15 is 0 Å². The summed E-state index contributed by atoms with van der Waals surface area (Å²) in [7, 11) is 0. The Balaban J connectivity index is 5.78. The van der Waals surface area contributed by atoms with Crippen LogP contribution in [0.15, 0.2) is 0 Å².